The SMILES string of the molecule is COC(OC)C(N)C1CC1c1ccccc1. The minimum Gasteiger partial charge on any atom is -0.354 e. The lowest BCUT2D eigenvalue weighted by Crippen LogP contribution is -2.39. The number of hydrogen-bond donors (Lipinski definition) is 1. The fraction of sp³-hybridized carbons (Fsp3) is 0.538. The number of nitrogens with two attached hydrogens (primary N) is 1. The average molecular weight is 221 g/mol. The van der Waals surface area contributed by atoms with E-state index in [1.54, 1.807) is 14.2 Å². The minimum absolute atomic E-state index is 0.0415. The van der Waals surface area contributed by atoms with Gasteiger partial charge in [-0.15, -0.1) is 0 Å². The number of methoxy groups -OCH3 is 2. The summed E-state index contributed by atoms with van der Waals surface area (Å²) in [5.41, 5.74) is 7.49. The van der Waals surface area contributed by atoms with Crippen molar-refractivity contribution in [1.82, 2.24) is 0 Å². The van der Waals surface area contributed by atoms with Gasteiger partial charge in [0.1, 0.15) is 0 Å². The molecule has 88 valence electrons. The van der Waals surface area contributed by atoms with Crippen molar-refractivity contribution in [3.63, 3.8) is 0 Å². The monoisotopic (exact) mass is 221 g/mol. The smallest absolute Gasteiger partial charge is 0.172 e. The summed E-state index contributed by atoms with van der Waals surface area (Å²) in [6, 6.07) is 10.5. The van der Waals surface area contributed by atoms with Gasteiger partial charge in [-0.25, -0.2) is 0 Å². The fourth-order valence-corrected chi connectivity index (χ4v) is 2.34. The molecule has 1 aliphatic carbocycles. The molecule has 1 aliphatic rings. The van der Waals surface area contributed by atoms with E-state index < -0.39 is 0 Å². The molecule has 0 saturated heterocycles. The van der Waals surface area contributed by atoms with Crippen LogP contribution in [0, 0.1) is 5.92 Å². The Balaban J connectivity index is 1.96. The second-order valence-corrected chi connectivity index (χ2v) is 4.33. The summed E-state index contributed by atoms with van der Waals surface area (Å²) in [6.45, 7) is 0. The Morgan fingerprint density at radius 2 is 1.81 bits per heavy atom. The van der Waals surface area contributed by atoms with Crippen LogP contribution in [0.2, 0.25) is 0 Å². The van der Waals surface area contributed by atoms with Gasteiger partial charge < -0.3 is 15.2 Å². The fourth-order valence-electron chi connectivity index (χ4n) is 2.34. The zero-order valence-electron chi connectivity index (χ0n) is 9.80. The highest BCUT2D eigenvalue weighted by Crippen LogP contribution is 2.49. The zero-order chi connectivity index (χ0) is 11.5. The Labute approximate surface area is 96.5 Å². The quantitative estimate of drug-likeness (QED) is 0.770. The van der Waals surface area contributed by atoms with E-state index in [0.29, 0.717) is 11.8 Å². The molecule has 1 aromatic carbocycles. The van der Waals surface area contributed by atoms with Gasteiger partial charge in [-0.3, -0.25) is 0 Å². The third kappa shape index (κ3) is 2.26. The third-order valence-electron chi connectivity index (χ3n) is 3.34. The molecule has 2 rings (SSSR count). The molecule has 1 aromatic rings. The summed E-state index contributed by atoms with van der Waals surface area (Å²) in [5.74, 6) is 1.05. The first kappa shape index (κ1) is 11.6. The Kier molecular flexibility index (Phi) is 3.59. The maximum absolute atomic E-state index is 6.12. The molecule has 3 heteroatoms. The molecule has 2 N–H and O–H groups in total. The van der Waals surface area contributed by atoms with Crippen LogP contribution in [0.3, 0.4) is 0 Å². The maximum atomic E-state index is 6.12. The van der Waals surface area contributed by atoms with E-state index in [1.165, 1.54) is 5.56 Å². The topological polar surface area (TPSA) is 44.5 Å². The van der Waals surface area contributed by atoms with E-state index in [-0.39, 0.29) is 12.3 Å². The van der Waals surface area contributed by atoms with Crippen molar-refractivity contribution < 1.29 is 9.47 Å². The van der Waals surface area contributed by atoms with Crippen LogP contribution in [-0.2, 0) is 9.47 Å². The van der Waals surface area contributed by atoms with Crippen LogP contribution in [-0.4, -0.2) is 26.6 Å². The second-order valence-electron chi connectivity index (χ2n) is 4.33. The summed E-state index contributed by atoms with van der Waals surface area (Å²) in [5, 5.41) is 0. The predicted molar refractivity (Wildman–Crippen MR) is 63.1 cm³/mol. The molecule has 0 amide bonds. The van der Waals surface area contributed by atoms with Gasteiger partial charge in [0, 0.05) is 14.2 Å². The molecule has 0 aliphatic heterocycles. The summed E-state index contributed by atoms with van der Waals surface area (Å²) in [6.07, 6.45) is 0.840. The van der Waals surface area contributed by atoms with Crippen LogP contribution in [0.25, 0.3) is 0 Å². The van der Waals surface area contributed by atoms with Crippen LogP contribution >= 0.6 is 0 Å². The van der Waals surface area contributed by atoms with Crippen molar-refractivity contribution in [2.24, 2.45) is 11.7 Å². The molecule has 3 unspecified atom stereocenters. The van der Waals surface area contributed by atoms with Crippen LogP contribution < -0.4 is 5.73 Å². The lowest BCUT2D eigenvalue weighted by molar-refractivity contribution is -0.120. The molecule has 0 aromatic heterocycles. The molecule has 16 heavy (non-hydrogen) atoms. The van der Waals surface area contributed by atoms with Crippen molar-refractivity contribution in [3.8, 4) is 0 Å². The van der Waals surface area contributed by atoms with Crippen LogP contribution in [0.15, 0.2) is 30.3 Å². The van der Waals surface area contributed by atoms with Crippen LogP contribution in [0.1, 0.15) is 17.9 Å². The maximum Gasteiger partial charge on any atom is 0.172 e. The van der Waals surface area contributed by atoms with E-state index in [0.717, 1.165) is 6.42 Å². The predicted octanol–water partition coefficient (Wildman–Crippen LogP) is 1.74. The van der Waals surface area contributed by atoms with E-state index in [9.17, 15) is 0 Å². The summed E-state index contributed by atoms with van der Waals surface area (Å²) >= 11 is 0. The molecule has 0 heterocycles. The number of benzene rings is 1. The Morgan fingerprint density at radius 3 is 2.38 bits per heavy atom. The molecule has 0 radical (unpaired) electrons. The van der Waals surface area contributed by atoms with Crippen LogP contribution in [0.5, 0.6) is 0 Å². The first-order valence-electron chi connectivity index (χ1n) is 5.64. The molecule has 1 saturated carbocycles. The Hall–Kier alpha value is -0.900. The minimum atomic E-state index is -0.293. The van der Waals surface area contributed by atoms with Gasteiger partial charge in [0.15, 0.2) is 6.29 Å². The molecule has 0 bridgehead atoms. The average Bonchev–Trinajstić information content (AvgIpc) is 3.11. The summed E-state index contributed by atoms with van der Waals surface area (Å²) in [7, 11) is 3.27. The van der Waals surface area contributed by atoms with Crippen molar-refractivity contribution >= 4 is 0 Å². The summed E-state index contributed by atoms with van der Waals surface area (Å²) < 4.78 is 10.4. The van der Waals surface area contributed by atoms with E-state index in [1.807, 2.05) is 6.07 Å². The second kappa shape index (κ2) is 4.95. The number of hydrogen-bond acceptors (Lipinski definition) is 3. The van der Waals surface area contributed by atoms with Crippen molar-refractivity contribution in [2.45, 2.75) is 24.7 Å². The van der Waals surface area contributed by atoms with Gasteiger partial charge in [-0.05, 0) is 23.8 Å². The molecule has 3 nitrogen and oxygen atoms in total. The Morgan fingerprint density at radius 1 is 1.19 bits per heavy atom. The van der Waals surface area contributed by atoms with E-state index in [2.05, 4.69) is 24.3 Å². The van der Waals surface area contributed by atoms with Crippen molar-refractivity contribution in [2.75, 3.05) is 14.2 Å². The standard InChI is InChI=1S/C13H19NO2/c1-15-13(16-2)12(14)11-8-10(11)9-6-4-3-5-7-9/h3-7,10-13H,8,14H2,1-2H3. The van der Waals surface area contributed by atoms with E-state index >= 15 is 0 Å². The summed E-state index contributed by atoms with van der Waals surface area (Å²) in [4.78, 5) is 0. The highest BCUT2D eigenvalue weighted by Gasteiger charge is 2.45. The number of rotatable bonds is 5. The first-order valence-corrected chi connectivity index (χ1v) is 5.64. The highest BCUT2D eigenvalue weighted by molar-refractivity contribution is 5.26. The van der Waals surface area contributed by atoms with Crippen LogP contribution in [0.4, 0.5) is 0 Å². The molecular weight excluding hydrogens is 202 g/mol. The molecule has 0 spiro atoms. The van der Waals surface area contributed by atoms with Gasteiger partial charge in [0.25, 0.3) is 0 Å². The molecular formula is C13H19NO2. The van der Waals surface area contributed by atoms with Crippen molar-refractivity contribution in [3.05, 3.63) is 35.9 Å². The third-order valence-corrected chi connectivity index (χ3v) is 3.34. The molecule has 1 fully saturated rings. The van der Waals surface area contributed by atoms with Gasteiger partial charge in [-0.2, -0.15) is 0 Å². The van der Waals surface area contributed by atoms with Gasteiger partial charge in [0.2, 0.25) is 0 Å². The van der Waals surface area contributed by atoms with Gasteiger partial charge in [-0.1, -0.05) is 30.3 Å². The lowest BCUT2D eigenvalue weighted by atomic mass is 10.1. The van der Waals surface area contributed by atoms with Gasteiger partial charge >= 0.3 is 0 Å². The van der Waals surface area contributed by atoms with E-state index in [4.69, 9.17) is 15.2 Å². The number of ether oxygens (including phenoxy) is 2. The molecule has 3 atom stereocenters. The zero-order valence-corrected chi connectivity index (χ0v) is 9.80. The Bertz CT molecular complexity index is 324. The highest BCUT2D eigenvalue weighted by atomic mass is 16.7. The van der Waals surface area contributed by atoms with Crippen molar-refractivity contribution in [1.29, 1.82) is 0 Å². The largest absolute Gasteiger partial charge is 0.354 e. The lowest BCUT2D eigenvalue weighted by Gasteiger charge is -2.21. The first-order chi connectivity index (χ1) is 7.77. The normalized spacial score (nSPS) is 25.8. The van der Waals surface area contributed by atoms with Gasteiger partial charge in [0.05, 0.1) is 6.04 Å².